The number of carbonyl (C=O) groups is 1. The number of urea groups is 1. The maximum absolute atomic E-state index is 11.4. The molecule has 2 aliphatic carbocycles. The Morgan fingerprint density at radius 2 is 1.39 bits per heavy atom. The summed E-state index contributed by atoms with van der Waals surface area (Å²) >= 11 is 0. The summed E-state index contributed by atoms with van der Waals surface area (Å²) in [6, 6.07) is 0.381. The van der Waals surface area contributed by atoms with Gasteiger partial charge in [0.15, 0.2) is 0 Å². The number of hydrazine groups is 1. The summed E-state index contributed by atoms with van der Waals surface area (Å²) < 4.78 is 0. The van der Waals surface area contributed by atoms with Gasteiger partial charge in [0.2, 0.25) is 0 Å². The molecule has 18 heavy (non-hydrogen) atoms. The van der Waals surface area contributed by atoms with Crippen molar-refractivity contribution in [3.8, 4) is 0 Å². The molecule has 0 saturated heterocycles. The molecule has 102 valence electrons. The lowest BCUT2D eigenvalue weighted by Crippen LogP contribution is -2.54. The van der Waals surface area contributed by atoms with Crippen molar-refractivity contribution < 1.29 is 4.79 Å². The van der Waals surface area contributed by atoms with Gasteiger partial charge in [-0.1, -0.05) is 43.6 Å². The monoisotopic (exact) mass is 252 g/mol. The molecular formula is C13H24N4O. The van der Waals surface area contributed by atoms with E-state index in [1.54, 1.807) is 0 Å². The van der Waals surface area contributed by atoms with Crippen LogP contribution in [0.5, 0.6) is 0 Å². The quantitative estimate of drug-likeness (QED) is 0.595. The summed E-state index contributed by atoms with van der Waals surface area (Å²) in [4.78, 5) is 11.4. The zero-order valence-electron chi connectivity index (χ0n) is 11.0. The minimum atomic E-state index is -0.522. The van der Waals surface area contributed by atoms with Gasteiger partial charge >= 0.3 is 6.03 Å². The van der Waals surface area contributed by atoms with Gasteiger partial charge in [0.25, 0.3) is 0 Å². The molecular weight excluding hydrogens is 228 g/mol. The minimum Gasteiger partial charge on any atom is -0.267 e. The Labute approximate surface area is 109 Å². The summed E-state index contributed by atoms with van der Waals surface area (Å²) in [6.07, 6.45) is 12.3. The van der Waals surface area contributed by atoms with Crippen LogP contribution in [-0.4, -0.2) is 23.1 Å². The molecule has 0 spiro atoms. The molecule has 2 fully saturated rings. The smallest absolute Gasteiger partial charge is 0.267 e. The lowest BCUT2D eigenvalue weighted by molar-refractivity contribution is 0.0433. The van der Waals surface area contributed by atoms with E-state index in [4.69, 9.17) is 5.53 Å². The van der Waals surface area contributed by atoms with E-state index < -0.39 is 6.03 Å². The van der Waals surface area contributed by atoms with Crippen LogP contribution in [0.2, 0.25) is 0 Å². The molecule has 0 aromatic heterocycles. The predicted molar refractivity (Wildman–Crippen MR) is 69.3 cm³/mol. The van der Waals surface area contributed by atoms with Gasteiger partial charge in [-0.2, -0.15) is 5.53 Å². The van der Waals surface area contributed by atoms with Crippen LogP contribution in [0.3, 0.4) is 0 Å². The van der Waals surface area contributed by atoms with E-state index in [0.717, 1.165) is 25.7 Å². The van der Waals surface area contributed by atoms with E-state index in [1.165, 1.54) is 38.5 Å². The normalized spacial score (nSPS) is 22.9. The molecule has 0 bridgehead atoms. The Balaban J connectivity index is 1.99. The number of carbonyl (C=O) groups excluding carboxylic acids is 1. The molecule has 2 N–H and O–H groups in total. The fourth-order valence-corrected chi connectivity index (χ4v) is 3.33. The average Bonchev–Trinajstić information content (AvgIpc) is 2.46. The molecule has 0 aromatic rings. The fourth-order valence-electron chi connectivity index (χ4n) is 3.33. The first-order valence-corrected chi connectivity index (χ1v) is 7.27. The highest BCUT2D eigenvalue weighted by Crippen LogP contribution is 2.28. The van der Waals surface area contributed by atoms with Crippen LogP contribution in [0.15, 0.2) is 5.11 Å². The maximum atomic E-state index is 11.4. The Hall–Kier alpha value is -0.970. The standard InChI is InChI=1S/C13H24N4O/c14-15-13(18)16-17(11-7-3-1-4-8-11)12-9-5-2-6-10-12/h11-12,14H,1-10H2,(H,16,18). The lowest BCUT2D eigenvalue weighted by atomic mass is 9.90. The van der Waals surface area contributed by atoms with Crippen LogP contribution in [0.25, 0.3) is 0 Å². The Bertz CT molecular complexity index is 265. The molecule has 0 radical (unpaired) electrons. The van der Waals surface area contributed by atoms with Crippen LogP contribution < -0.4 is 5.43 Å². The van der Waals surface area contributed by atoms with Crippen LogP contribution in [0.1, 0.15) is 64.2 Å². The summed E-state index contributed by atoms with van der Waals surface area (Å²) in [7, 11) is 0. The second-order valence-electron chi connectivity index (χ2n) is 5.52. The first-order valence-electron chi connectivity index (χ1n) is 7.27. The number of nitrogens with one attached hydrogen (secondary N) is 2. The lowest BCUT2D eigenvalue weighted by Gasteiger charge is -2.40. The molecule has 0 aliphatic heterocycles. The number of rotatable bonds is 3. The van der Waals surface area contributed by atoms with Crippen molar-refractivity contribution in [2.24, 2.45) is 5.11 Å². The van der Waals surface area contributed by atoms with Crippen LogP contribution in [-0.2, 0) is 0 Å². The molecule has 0 aromatic carbocycles. The van der Waals surface area contributed by atoms with Crippen molar-refractivity contribution in [2.45, 2.75) is 76.3 Å². The number of amides is 2. The molecule has 5 heteroatoms. The van der Waals surface area contributed by atoms with Crippen molar-refractivity contribution >= 4 is 6.03 Å². The second-order valence-corrected chi connectivity index (χ2v) is 5.52. The minimum absolute atomic E-state index is 0.451. The van der Waals surface area contributed by atoms with Crippen LogP contribution in [0.4, 0.5) is 4.79 Å². The molecule has 5 nitrogen and oxygen atoms in total. The van der Waals surface area contributed by atoms with Crippen LogP contribution in [0, 0.1) is 5.53 Å². The van der Waals surface area contributed by atoms with Crippen molar-refractivity contribution in [3.63, 3.8) is 0 Å². The maximum Gasteiger partial charge on any atom is 0.373 e. The van der Waals surface area contributed by atoms with E-state index in [-0.39, 0.29) is 0 Å². The Kier molecular flexibility index (Phi) is 5.11. The van der Waals surface area contributed by atoms with E-state index >= 15 is 0 Å². The first-order chi connectivity index (χ1) is 8.81. The molecule has 2 aliphatic rings. The largest absolute Gasteiger partial charge is 0.373 e. The predicted octanol–water partition coefficient (Wildman–Crippen LogP) is 3.61. The molecule has 0 atom stereocenters. The third kappa shape index (κ3) is 3.51. The highest BCUT2D eigenvalue weighted by molar-refractivity contribution is 5.73. The van der Waals surface area contributed by atoms with Gasteiger partial charge in [-0.05, 0) is 25.7 Å². The van der Waals surface area contributed by atoms with E-state index in [9.17, 15) is 4.79 Å². The number of nitrogens with zero attached hydrogens (tertiary/aromatic N) is 2. The van der Waals surface area contributed by atoms with Crippen molar-refractivity contribution in [3.05, 3.63) is 0 Å². The summed E-state index contributed by atoms with van der Waals surface area (Å²) in [6.45, 7) is 0. The molecule has 2 saturated carbocycles. The zero-order valence-corrected chi connectivity index (χ0v) is 11.0. The van der Waals surface area contributed by atoms with Gasteiger partial charge in [0, 0.05) is 12.1 Å². The van der Waals surface area contributed by atoms with E-state index in [2.05, 4.69) is 15.5 Å². The SMILES string of the molecule is N=NC(=O)NN(C1CCCCC1)C1CCCCC1. The molecule has 0 unspecified atom stereocenters. The van der Waals surface area contributed by atoms with Gasteiger partial charge in [-0.15, -0.1) is 0 Å². The van der Waals surface area contributed by atoms with Crippen molar-refractivity contribution in [1.29, 1.82) is 5.53 Å². The third-order valence-electron chi connectivity index (χ3n) is 4.26. The van der Waals surface area contributed by atoms with Gasteiger partial charge < -0.3 is 0 Å². The van der Waals surface area contributed by atoms with Crippen molar-refractivity contribution in [2.75, 3.05) is 0 Å². The summed E-state index contributed by atoms with van der Waals surface area (Å²) in [5.41, 5.74) is 9.66. The topological polar surface area (TPSA) is 68.5 Å². The Morgan fingerprint density at radius 1 is 0.944 bits per heavy atom. The Morgan fingerprint density at radius 3 is 1.78 bits per heavy atom. The highest BCUT2D eigenvalue weighted by atomic mass is 16.2. The van der Waals surface area contributed by atoms with E-state index in [0.29, 0.717) is 12.1 Å². The van der Waals surface area contributed by atoms with Gasteiger partial charge in [0.05, 0.1) is 0 Å². The van der Waals surface area contributed by atoms with Gasteiger partial charge in [0.1, 0.15) is 0 Å². The number of hydrogen-bond acceptors (Lipinski definition) is 3. The summed E-state index contributed by atoms with van der Waals surface area (Å²) in [5, 5.41) is 5.11. The fraction of sp³-hybridized carbons (Fsp3) is 0.923. The third-order valence-corrected chi connectivity index (χ3v) is 4.26. The molecule has 2 amide bonds. The van der Waals surface area contributed by atoms with Crippen LogP contribution >= 0.6 is 0 Å². The van der Waals surface area contributed by atoms with Gasteiger partial charge in [-0.3, -0.25) is 5.43 Å². The van der Waals surface area contributed by atoms with Gasteiger partial charge in [-0.25, -0.2) is 9.80 Å². The number of hydrogen-bond donors (Lipinski definition) is 2. The first kappa shape index (κ1) is 13.5. The highest BCUT2D eigenvalue weighted by Gasteiger charge is 2.29. The zero-order chi connectivity index (χ0) is 12.8. The van der Waals surface area contributed by atoms with E-state index in [1.807, 2.05) is 0 Å². The second kappa shape index (κ2) is 6.83. The molecule has 2 rings (SSSR count). The molecule has 0 heterocycles. The van der Waals surface area contributed by atoms with Crippen molar-refractivity contribution in [1.82, 2.24) is 10.4 Å². The average molecular weight is 252 g/mol. The summed E-state index contributed by atoms with van der Waals surface area (Å²) in [5.74, 6) is 0.